The second kappa shape index (κ2) is 8.09. The molecule has 0 atom stereocenters. The number of esters is 1. The molecule has 0 unspecified atom stereocenters. The molecule has 126 valence electrons. The number of pyridine rings is 1. The Hall–Kier alpha value is -2.16. The van der Waals surface area contributed by atoms with Gasteiger partial charge in [-0.05, 0) is 55.9 Å². The third kappa shape index (κ3) is 4.22. The average Bonchev–Trinajstić information content (AvgIpc) is 2.64. The molecule has 1 aromatic carbocycles. The molecule has 0 saturated heterocycles. The van der Waals surface area contributed by atoms with Gasteiger partial charge in [0, 0.05) is 11.8 Å². The van der Waals surface area contributed by atoms with Crippen LogP contribution in [0.3, 0.4) is 0 Å². The van der Waals surface area contributed by atoms with E-state index in [1.807, 2.05) is 36.5 Å². The van der Waals surface area contributed by atoms with Gasteiger partial charge in [0.2, 0.25) is 0 Å². The molecule has 1 heterocycles. The molecule has 1 aromatic heterocycles. The van der Waals surface area contributed by atoms with E-state index in [0.29, 0.717) is 5.56 Å². The van der Waals surface area contributed by atoms with Crippen LogP contribution in [0.5, 0.6) is 0 Å². The fourth-order valence-electron chi connectivity index (χ4n) is 3.21. The molecule has 3 heteroatoms. The molecule has 0 N–H and O–H groups in total. The zero-order chi connectivity index (χ0) is 16.8. The number of hydrogen-bond acceptors (Lipinski definition) is 3. The minimum absolute atomic E-state index is 0.0960. The van der Waals surface area contributed by atoms with Crippen LogP contribution in [-0.4, -0.2) is 17.1 Å². The van der Waals surface area contributed by atoms with Crippen LogP contribution in [0.4, 0.5) is 0 Å². The first-order chi connectivity index (χ1) is 11.8. The Morgan fingerprint density at radius 1 is 1.08 bits per heavy atom. The molecular weight excluding hydrogens is 298 g/mol. The number of ether oxygens (including phenoxy) is 1. The van der Waals surface area contributed by atoms with Gasteiger partial charge in [0.1, 0.15) is 6.10 Å². The van der Waals surface area contributed by atoms with Crippen LogP contribution in [0, 0.1) is 0 Å². The second-order valence-electron chi connectivity index (χ2n) is 6.54. The van der Waals surface area contributed by atoms with Crippen molar-refractivity contribution in [2.45, 2.75) is 58.0 Å². The Bertz CT molecular complexity index is 655. The maximum absolute atomic E-state index is 12.2. The van der Waals surface area contributed by atoms with Crippen molar-refractivity contribution in [1.29, 1.82) is 0 Å². The van der Waals surface area contributed by atoms with Gasteiger partial charge in [0.15, 0.2) is 0 Å². The van der Waals surface area contributed by atoms with E-state index in [9.17, 15) is 4.79 Å². The summed E-state index contributed by atoms with van der Waals surface area (Å²) in [5, 5.41) is 0. The SMILES string of the molecule is CCCc1ccc(-c2ccc(C(=O)OC3CCCCC3)cc2)nc1. The van der Waals surface area contributed by atoms with E-state index in [1.54, 1.807) is 0 Å². The normalized spacial score (nSPS) is 15.2. The summed E-state index contributed by atoms with van der Waals surface area (Å²) in [6.07, 6.45) is 9.79. The topological polar surface area (TPSA) is 39.2 Å². The number of rotatable bonds is 5. The van der Waals surface area contributed by atoms with Gasteiger partial charge in [0.05, 0.1) is 11.3 Å². The summed E-state index contributed by atoms with van der Waals surface area (Å²) in [5.41, 5.74) is 3.83. The number of carbonyl (C=O) groups is 1. The number of nitrogens with zero attached hydrogens (tertiary/aromatic N) is 1. The van der Waals surface area contributed by atoms with Crippen molar-refractivity contribution in [2.24, 2.45) is 0 Å². The van der Waals surface area contributed by atoms with Gasteiger partial charge in [0.25, 0.3) is 0 Å². The molecule has 0 amide bonds. The smallest absolute Gasteiger partial charge is 0.338 e. The molecular formula is C21H25NO2. The van der Waals surface area contributed by atoms with Gasteiger partial charge in [-0.15, -0.1) is 0 Å². The van der Waals surface area contributed by atoms with Crippen LogP contribution in [0.1, 0.15) is 61.4 Å². The lowest BCUT2D eigenvalue weighted by Crippen LogP contribution is -2.20. The van der Waals surface area contributed by atoms with Crippen LogP contribution < -0.4 is 0 Å². The molecule has 1 saturated carbocycles. The highest BCUT2D eigenvalue weighted by atomic mass is 16.5. The highest BCUT2D eigenvalue weighted by molar-refractivity contribution is 5.90. The van der Waals surface area contributed by atoms with E-state index in [1.165, 1.54) is 12.0 Å². The van der Waals surface area contributed by atoms with Crippen LogP contribution >= 0.6 is 0 Å². The first kappa shape index (κ1) is 16.7. The van der Waals surface area contributed by atoms with Gasteiger partial charge < -0.3 is 4.74 Å². The predicted molar refractivity (Wildman–Crippen MR) is 96.0 cm³/mol. The summed E-state index contributed by atoms with van der Waals surface area (Å²) < 4.78 is 5.61. The Morgan fingerprint density at radius 3 is 2.46 bits per heavy atom. The van der Waals surface area contributed by atoms with Crippen molar-refractivity contribution in [2.75, 3.05) is 0 Å². The molecule has 0 radical (unpaired) electrons. The summed E-state index contributed by atoms with van der Waals surface area (Å²) in [6.45, 7) is 2.17. The summed E-state index contributed by atoms with van der Waals surface area (Å²) in [7, 11) is 0. The first-order valence-electron chi connectivity index (χ1n) is 9.02. The molecule has 0 spiro atoms. The fourth-order valence-corrected chi connectivity index (χ4v) is 3.21. The Labute approximate surface area is 144 Å². The fraction of sp³-hybridized carbons (Fsp3) is 0.429. The third-order valence-electron chi connectivity index (χ3n) is 4.61. The van der Waals surface area contributed by atoms with Gasteiger partial charge in [-0.25, -0.2) is 4.79 Å². The molecule has 0 aliphatic heterocycles. The summed E-state index contributed by atoms with van der Waals surface area (Å²) >= 11 is 0. The van der Waals surface area contributed by atoms with Gasteiger partial charge in [-0.3, -0.25) is 4.98 Å². The summed E-state index contributed by atoms with van der Waals surface area (Å²) in [4.78, 5) is 16.8. The molecule has 1 aliphatic rings. The number of aromatic nitrogens is 1. The maximum Gasteiger partial charge on any atom is 0.338 e. The van der Waals surface area contributed by atoms with Crippen LogP contribution in [-0.2, 0) is 11.2 Å². The predicted octanol–water partition coefficient (Wildman–Crippen LogP) is 5.19. The Morgan fingerprint density at radius 2 is 1.83 bits per heavy atom. The molecule has 1 aliphatic carbocycles. The van der Waals surface area contributed by atoms with E-state index in [2.05, 4.69) is 18.0 Å². The average molecular weight is 323 g/mol. The number of aryl methyl sites for hydroxylation is 1. The first-order valence-corrected chi connectivity index (χ1v) is 9.02. The monoisotopic (exact) mass is 323 g/mol. The van der Waals surface area contributed by atoms with Crippen LogP contribution in [0.2, 0.25) is 0 Å². The standard InChI is InChI=1S/C21H25NO2/c1-2-6-16-9-14-20(22-15-16)17-10-12-18(13-11-17)21(23)24-19-7-4-3-5-8-19/h9-15,19H,2-8H2,1H3. The van der Waals surface area contributed by atoms with Gasteiger partial charge >= 0.3 is 5.97 Å². The minimum atomic E-state index is -0.209. The third-order valence-corrected chi connectivity index (χ3v) is 4.61. The summed E-state index contributed by atoms with van der Waals surface area (Å²) in [5.74, 6) is -0.209. The molecule has 3 rings (SSSR count). The van der Waals surface area contributed by atoms with Gasteiger partial charge in [-0.2, -0.15) is 0 Å². The van der Waals surface area contributed by atoms with Crippen LogP contribution in [0.25, 0.3) is 11.3 Å². The van der Waals surface area contributed by atoms with Crippen molar-refractivity contribution < 1.29 is 9.53 Å². The van der Waals surface area contributed by atoms with E-state index in [4.69, 9.17) is 4.74 Å². The molecule has 24 heavy (non-hydrogen) atoms. The zero-order valence-corrected chi connectivity index (χ0v) is 14.3. The van der Waals surface area contributed by atoms with Crippen molar-refractivity contribution in [3.05, 3.63) is 53.7 Å². The van der Waals surface area contributed by atoms with Crippen molar-refractivity contribution >= 4 is 5.97 Å². The van der Waals surface area contributed by atoms with Gasteiger partial charge in [-0.1, -0.05) is 38.0 Å². The number of benzene rings is 1. The molecule has 3 nitrogen and oxygen atoms in total. The lowest BCUT2D eigenvalue weighted by Gasteiger charge is -2.21. The van der Waals surface area contributed by atoms with Crippen molar-refractivity contribution in [1.82, 2.24) is 4.98 Å². The quantitative estimate of drug-likeness (QED) is 0.711. The minimum Gasteiger partial charge on any atom is -0.459 e. The lowest BCUT2D eigenvalue weighted by atomic mass is 9.98. The van der Waals surface area contributed by atoms with Crippen LogP contribution in [0.15, 0.2) is 42.6 Å². The van der Waals surface area contributed by atoms with E-state index in [-0.39, 0.29) is 12.1 Å². The molecule has 0 bridgehead atoms. The zero-order valence-electron chi connectivity index (χ0n) is 14.3. The Kier molecular flexibility index (Phi) is 5.63. The number of hydrogen-bond donors (Lipinski definition) is 0. The number of carbonyl (C=O) groups excluding carboxylic acids is 1. The summed E-state index contributed by atoms with van der Waals surface area (Å²) in [6, 6.07) is 11.7. The van der Waals surface area contributed by atoms with Crippen molar-refractivity contribution in [3.63, 3.8) is 0 Å². The Balaban J connectivity index is 1.64. The van der Waals surface area contributed by atoms with Crippen molar-refractivity contribution in [3.8, 4) is 11.3 Å². The molecule has 1 fully saturated rings. The largest absolute Gasteiger partial charge is 0.459 e. The molecule has 2 aromatic rings. The highest BCUT2D eigenvalue weighted by Gasteiger charge is 2.18. The van der Waals surface area contributed by atoms with E-state index < -0.39 is 0 Å². The maximum atomic E-state index is 12.2. The lowest BCUT2D eigenvalue weighted by molar-refractivity contribution is 0.0211. The highest BCUT2D eigenvalue weighted by Crippen LogP contribution is 2.23. The second-order valence-corrected chi connectivity index (χ2v) is 6.54. The van der Waals surface area contributed by atoms with E-state index in [0.717, 1.165) is 49.8 Å². The van der Waals surface area contributed by atoms with E-state index >= 15 is 0 Å².